The fourth-order valence-electron chi connectivity index (χ4n) is 1.63. The fraction of sp³-hybridized carbons (Fsp3) is 0.333. The van der Waals surface area contributed by atoms with Gasteiger partial charge in [0.25, 0.3) is 0 Å². The maximum atomic E-state index is 11.5. The molecule has 16 heavy (non-hydrogen) atoms. The SMILES string of the molecule is CCOC(=O)c1cc2c(oc1=O)CCC=C2. The maximum Gasteiger partial charge on any atom is 0.350 e. The highest BCUT2D eigenvalue weighted by Gasteiger charge is 2.17. The molecule has 0 saturated heterocycles. The van der Waals surface area contributed by atoms with Gasteiger partial charge in [-0.3, -0.25) is 0 Å². The second kappa shape index (κ2) is 4.35. The Bertz CT molecular complexity index is 496. The number of hydrogen-bond donors (Lipinski definition) is 0. The lowest BCUT2D eigenvalue weighted by molar-refractivity contribution is 0.0520. The first-order chi connectivity index (χ1) is 7.72. The van der Waals surface area contributed by atoms with Gasteiger partial charge in [0, 0.05) is 12.0 Å². The molecule has 0 unspecified atom stereocenters. The first-order valence-electron chi connectivity index (χ1n) is 5.23. The fourth-order valence-corrected chi connectivity index (χ4v) is 1.63. The van der Waals surface area contributed by atoms with Crippen LogP contribution in [-0.2, 0) is 11.2 Å². The number of allylic oxidation sites excluding steroid dienone is 1. The summed E-state index contributed by atoms with van der Waals surface area (Å²) in [5.74, 6) is 0.0126. The summed E-state index contributed by atoms with van der Waals surface area (Å²) in [6.07, 6.45) is 5.39. The highest BCUT2D eigenvalue weighted by Crippen LogP contribution is 2.18. The van der Waals surface area contributed by atoms with Crippen molar-refractivity contribution in [3.05, 3.63) is 39.4 Å². The van der Waals surface area contributed by atoms with Crippen LogP contribution in [0.3, 0.4) is 0 Å². The Labute approximate surface area is 92.5 Å². The predicted molar refractivity (Wildman–Crippen MR) is 58.3 cm³/mol. The van der Waals surface area contributed by atoms with Crippen LogP contribution in [0.2, 0.25) is 0 Å². The summed E-state index contributed by atoms with van der Waals surface area (Å²) in [6.45, 7) is 1.93. The molecule has 2 rings (SSSR count). The third-order valence-electron chi connectivity index (χ3n) is 2.39. The molecule has 0 amide bonds. The van der Waals surface area contributed by atoms with E-state index in [9.17, 15) is 9.59 Å². The van der Waals surface area contributed by atoms with Crippen LogP contribution in [0.5, 0.6) is 0 Å². The summed E-state index contributed by atoms with van der Waals surface area (Å²) in [5, 5.41) is 0. The van der Waals surface area contributed by atoms with E-state index in [2.05, 4.69) is 0 Å². The largest absolute Gasteiger partial charge is 0.462 e. The molecule has 1 aromatic heterocycles. The highest BCUT2D eigenvalue weighted by molar-refractivity contribution is 5.89. The normalized spacial score (nSPS) is 13.3. The van der Waals surface area contributed by atoms with Gasteiger partial charge >= 0.3 is 11.6 Å². The lowest BCUT2D eigenvalue weighted by atomic mass is 10.0. The zero-order valence-corrected chi connectivity index (χ0v) is 8.99. The van der Waals surface area contributed by atoms with E-state index in [0.29, 0.717) is 12.2 Å². The molecule has 1 aromatic rings. The molecule has 0 fully saturated rings. The van der Waals surface area contributed by atoms with Gasteiger partial charge in [-0.2, -0.15) is 0 Å². The molecule has 4 heteroatoms. The van der Waals surface area contributed by atoms with Crippen molar-refractivity contribution in [2.75, 3.05) is 6.61 Å². The summed E-state index contributed by atoms with van der Waals surface area (Å²) in [6, 6.07) is 1.54. The first-order valence-corrected chi connectivity index (χ1v) is 5.23. The van der Waals surface area contributed by atoms with Crippen LogP contribution in [0, 0.1) is 0 Å². The molecule has 1 aliphatic carbocycles. The van der Waals surface area contributed by atoms with Gasteiger partial charge in [0.2, 0.25) is 0 Å². The Morgan fingerprint density at radius 1 is 1.56 bits per heavy atom. The van der Waals surface area contributed by atoms with Crippen molar-refractivity contribution in [3.8, 4) is 0 Å². The van der Waals surface area contributed by atoms with Gasteiger partial charge in [-0.05, 0) is 19.4 Å². The Morgan fingerprint density at radius 3 is 3.12 bits per heavy atom. The van der Waals surface area contributed by atoms with Crippen molar-refractivity contribution < 1.29 is 13.9 Å². The molecular formula is C12H12O4. The third-order valence-corrected chi connectivity index (χ3v) is 2.39. The number of esters is 1. The van der Waals surface area contributed by atoms with E-state index in [1.165, 1.54) is 6.07 Å². The quantitative estimate of drug-likeness (QED) is 0.713. The summed E-state index contributed by atoms with van der Waals surface area (Å²) in [5.41, 5.74) is 0.133. The average Bonchev–Trinajstić information content (AvgIpc) is 2.28. The van der Waals surface area contributed by atoms with Gasteiger partial charge in [-0.1, -0.05) is 12.2 Å². The number of fused-ring (bicyclic) bond motifs is 1. The molecule has 0 saturated carbocycles. The van der Waals surface area contributed by atoms with Gasteiger partial charge < -0.3 is 9.15 Å². The Hall–Kier alpha value is -1.84. The minimum absolute atomic E-state index is 0.0350. The van der Waals surface area contributed by atoms with E-state index in [-0.39, 0.29) is 12.2 Å². The lowest BCUT2D eigenvalue weighted by Crippen LogP contribution is -2.18. The van der Waals surface area contributed by atoms with Crippen LogP contribution in [0.4, 0.5) is 0 Å². The molecule has 1 heterocycles. The molecule has 84 valence electrons. The summed E-state index contributed by atoms with van der Waals surface area (Å²) < 4.78 is 9.87. The number of hydrogen-bond acceptors (Lipinski definition) is 4. The molecule has 0 aromatic carbocycles. The Kier molecular flexibility index (Phi) is 2.90. The van der Waals surface area contributed by atoms with Crippen molar-refractivity contribution in [2.45, 2.75) is 19.8 Å². The summed E-state index contributed by atoms with van der Waals surface area (Å²) in [4.78, 5) is 23.0. The molecule has 0 aliphatic heterocycles. The van der Waals surface area contributed by atoms with Crippen molar-refractivity contribution in [3.63, 3.8) is 0 Å². The van der Waals surface area contributed by atoms with Crippen LogP contribution in [0.15, 0.2) is 21.4 Å². The van der Waals surface area contributed by atoms with Gasteiger partial charge in [0.05, 0.1) is 6.61 Å². The summed E-state index contributed by atoms with van der Waals surface area (Å²) >= 11 is 0. The number of rotatable bonds is 2. The van der Waals surface area contributed by atoms with Crippen LogP contribution in [-0.4, -0.2) is 12.6 Å². The molecule has 0 bridgehead atoms. The monoisotopic (exact) mass is 220 g/mol. The van der Waals surface area contributed by atoms with E-state index in [1.807, 2.05) is 12.2 Å². The number of ether oxygens (including phenoxy) is 1. The van der Waals surface area contributed by atoms with Crippen molar-refractivity contribution in [2.24, 2.45) is 0 Å². The Balaban J connectivity index is 2.45. The number of carbonyl (C=O) groups excluding carboxylic acids is 1. The maximum absolute atomic E-state index is 11.5. The van der Waals surface area contributed by atoms with E-state index < -0.39 is 11.6 Å². The molecule has 1 aliphatic rings. The molecular weight excluding hydrogens is 208 g/mol. The summed E-state index contributed by atoms with van der Waals surface area (Å²) in [7, 11) is 0. The van der Waals surface area contributed by atoms with Crippen LogP contribution >= 0.6 is 0 Å². The average molecular weight is 220 g/mol. The van der Waals surface area contributed by atoms with Crippen molar-refractivity contribution in [1.82, 2.24) is 0 Å². The Morgan fingerprint density at radius 2 is 2.38 bits per heavy atom. The zero-order chi connectivity index (χ0) is 11.5. The third kappa shape index (κ3) is 1.91. The van der Waals surface area contributed by atoms with Gasteiger partial charge in [0.15, 0.2) is 0 Å². The molecule has 0 radical (unpaired) electrons. The zero-order valence-electron chi connectivity index (χ0n) is 8.99. The second-order valence-electron chi connectivity index (χ2n) is 3.49. The molecule has 0 spiro atoms. The van der Waals surface area contributed by atoms with E-state index in [1.54, 1.807) is 6.92 Å². The predicted octanol–water partition coefficient (Wildman–Crippen LogP) is 1.78. The molecule has 4 nitrogen and oxygen atoms in total. The standard InChI is InChI=1S/C12H12O4/c1-2-15-11(13)9-7-8-5-3-4-6-10(8)16-12(9)14/h3,5,7H,2,4,6H2,1H3. The number of aryl methyl sites for hydroxylation is 1. The molecule has 0 atom stereocenters. The second-order valence-corrected chi connectivity index (χ2v) is 3.49. The molecule has 0 N–H and O–H groups in total. The van der Waals surface area contributed by atoms with Crippen LogP contribution < -0.4 is 5.63 Å². The smallest absolute Gasteiger partial charge is 0.350 e. The van der Waals surface area contributed by atoms with Crippen molar-refractivity contribution >= 4 is 12.0 Å². The topological polar surface area (TPSA) is 56.5 Å². The van der Waals surface area contributed by atoms with Crippen LogP contribution in [0.25, 0.3) is 6.08 Å². The van der Waals surface area contributed by atoms with Gasteiger partial charge in [-0.25, -0.2) is 9.59 Å². The van der Waals surface area contributed by atoms with Gasteiger partial charge in [0.1, 0.15) is 11.3 Å². The number of carbonyl (C=O) groups is 1. The minimum atomic E-state index is -0.627. The van der Waals surface area contributed by atoms with Crippen LogP contribution in [0.1, 0.15) is 35.0 Å². The van der Waals surface area contributed by atoms with E-state index in [0.717, 1.165) is 12.0 Å². The first kappa shape index (κ1) is 10.7. The minimum Gasteiger partial charge on any atom is -0.462 e. The van der Waals surface area contributed by atoms with E-state index >= 15 is 0 Å². The van der Waals surface area contributed by atoms with Gasteiger partial charge in [-0.15, -0.1) is 0 Å². The van der Waals surface area contributed by atoms with E-state index in [4.69, 9.17) is 9.15 Å². The van der Waals surface area contributed by atoms with Crippen molar-refractivity contribution in [1.29, 1.82) is 0 Å². The lowest BCUT2D eigenvalue weighted by Gasteiger charge is -2.09. The highest BCUT2D eigenvalue weighted by atomic mass is 16.5.